The monoisotopic (exact) mass is 316 g/mol. The number of carboxylic acids is 1. The van der Waals surface area contributed by atoms with Gasteiger partial charge in [0.2, 0.25) is 5.76 Å². The van der Waals surface area contributed by atoms with E-state index in [9.17, 15) is 27.5 Å². The molecule has 0 saturated heterocycles. The van der Waals surface area contributed by atoms with E-state index in [2.05, 4.69) is 0 Å². The molecule has 0 spiro atoms. The van der Waals surface area contributed by atoms with E-state index in [1.165, 1.54) is 12.1 Å². The third-order valence-electron chi connectivity index (χ3n) is 3.09. The van der Waals surface area contributed by atoms with Gasteiger partial charge in [0.25, 0.3) is 0 Å². The molecule has 1 aliphatic heterocycles. The van der Waals surface area contributed by atoms with Gasteiger partial charge < -0.3 is 9.84 Å². The van der Waals surface area contributed by atoms with Gasteiger partial charge in [-0.25, -0.2) is 9.18 Å². The fourth-order valence-corrected chi connectivity index (χ4v) is 2.05. The second-order valence-electron chi connectivity index (χ2n) is 4.68. The second-order valence-corrected chi connectivity index (χ2v) is 4.68. The summed E-state index contributed by atoms with van der Waals surface area (Å²) in [6.45, 7) is 0. The molecule has 118 valence electrons. The number of hydrogen-bond donors (Lipinski definition) is 1. The van der Waals surface area contributed by atoms with Crippen LogP contribution in [0.1, 0.15) is 24.8 Å². The Bertz CT molecular complexity index is 627. The normalized spacial score (nSPS) is 16.5. The maximum absolute atomic E-state index is 13.0. The standard InChI is InChI=1S/C15H12F4O3/c16-10-7-5-9(6-8-10)13-11(14(20)21)3-1-2-4-12(22-13)15(17,18)19/h4-8H,1-3H2,(H,20,21). The summed E-state index contributed by atoms with van der Waals surface area (Å²) in [4.78, 5) is 11.3. The highest BCUT2D eigenvalue weighted by atomic mass is 19.4. The lowest BCUT2D eigenvalue weighted by Gasteiger charge is -2.20. The molecule has 0 bridgehead atoms. The number of benzene rings is 1. The highest BCUT2D eigenvalue weighted by Crippen LogP contribution is 2.35. The van der Waals surface area contributed by atoms with Crippen LogP contribution in [0.2, 0.25) is 0 Å². The maximum atomic E-state index is 13.0. The molecule has 0 aromatic heterocycles. The van der Waals surface area contributed by atoms with Crippen molar-refractivity contribution in [2.75, 3.05) is 0 Å². The lowest BCUT2D eigenvalue weighted by molar-refractivity contribution is -0.133. The van der Waals surface area contributed by atoms with E-state index in [-0.39, 0.29) is 30.4 Å². The molecule has 1 aromatic carbocycles. The van der Waals surface area contributed by atoms with Crippen molar-refractivity contribution in [1.29, 1.82) is 0 Å². The van der Waals surface area contributed by atoms with Crippen molar-refractivity contribution in [2.24, 2.45) is 0 Å². The van der Waals surface area contributed by atoms with Gasteiger partial charge >= 0.3 is 12.1 Å². The van der Waals surface area contributed by atoms with E-state index in [1.54, 1.807) is 0 Å². The number of allylic oxidation sites excluding steroid dienone is 2. The zero-order valence-corrected chi connectivity index (χ0v) is 11.3. The van der Waals surface area contributed by atoms with Crippen molar-refractivity contribution in [1.82, 2.24) is 0 Å². The second kappa shape index (κ2) is 6.21. The molecule has 1 N–H and O–H groups in total. The van der Waals surface area contributed by atoms with Crippen molar-refractivity contribution in [3.8, 4) is 0 Å². The number of alkyl halides is 3. The number of carboxylic acid groups (broad SMARTS) is 1. The summed E-state index contributed by atoms with van der Waals surface area (Å²) in [5.74, 6) is -3.61. The summed E-state index contributed by atoms with van der Waals surface area (Å²) >= 11 is 0. The van der Waals surface area contributed by atoms with Crippen molar-refractivity contribution in [3.63, 3.8) is 0 Å². The van der Waals surface area contributed by atoms with Gasteiger partial charge in [-0.15, -0.1) is 0 Å². The van der Waals surface area contributed by atoms with E-state index in [0.29, 0.717) is 0 Å². The molecular formula is C15H12F4O3. The molecule has 2 rings (SSSR count). The fraction of sp³-hybridized carbons (Fsp3) is 0.267. The molecule has 0 fully saturated rings. The molecule has 0 aliphatic carbocycles. The van der Waals surface area contributed by atoms with Gasteiger partial charge in [-0.2, -0.15) is 13.2 Å². The summed E-state index contributed by atoms with van der Waals surface area (Å²) < 4.78 is 56.6. The van der Waals surface area contributed by atoms with E-state index in [4.69, 9.17) is 4.74 Å². The minimum absolute atomic E-state index is 0.0579. The van der Waals surface area contributed by atoms with Crippen LogP contribution in [0.3, 0.4) is 0 Å². The number of ether oxygens (including phenoxy) is 1. The van der Waals surface area contributed by atoms with Gasteiger partial charge in [0.05, 0.1) is 5.57 Å². The fourth-order valence-electron chi connectivity index (χ4n) is 2.05. The average molecular weight is 316 g/mol. The minimum Gasteiger partial charge on any atom is -0.478 e. The molecule has 1 aromatic rings. The predicted octanol–water partition coefficient (Wildman–Crippen LogP) is 4.27. The summed E-state index contributed by atoms with van der Waals surface area (Å²) in [5.41, 5.74) is -0.183. The Morgan fingerprint density at radius 2 is 1.82 bits per heavy atom. The van der Waals surface area contributed by atoms with Crippen LogP contribution in [0, 0.1) is 5.82 Å². The van der Waals surface area contributed by atoms with Gasteiger partial charge in [0.1, 0.15) is 11.6 Å². The van der Waals surface area contributed by atoms with E-state index in [1.807, 2.05) is 0 Å². The lowest BCUT2D eigenvalue weighted by atomic mass is 10.0. The van der Waals surface area contributed by atoms with Crippen molar-refractivity contribution >= 4 is 11.7 Å². The van der Waals surface area contributed by atoms with Crippen LogP contribution in [-0.4, -0.2) is 17.3 Å². The Morgan fingerprint density at radius 3 is 2.36 bits per heavy atom. The van der Waals surface area contributed by atoms with E-state index >= 15 is 0 Å². The molecule has 0 saturated carbocycles. The third kappa shape index (κ3) is 3.66. The quantitative estimate of drug-likeness (QED) is 0.829. The number of hydrogen-bond acceptors (Lipinski definition) is 2. The molecule has 3 nitrogen and oxygen atoms in total. The van der Waals surface area contributed by atoms with Crippen LogP contribution in [0.4, 0.5) is 17.6 Å². The average Bonchev–Trinajstić information content (AvgIpc) is 2.38. The SMILES string of the molecule is O=C(O)C1=C(c2ccc(F)cc2)OC(C(F)(F)F)=CCCC1. The Kier molecular flexibility index (Phi) is 4.54. The third-order valence-corrected chi connectivity index (χ3v) is 3.09. The van der Waals surface area contributed by atoms with Crippen LogP contribution in [0.15, 0.2) is 41.7 Å². The molecule has 0 amide bonds. The molecular weight excluding hydrogens is 304 g/mol. The zero-order valence-electron chi connectivity index (χ0n) is 11.3. The highest BCUT2D eigenvalue weighted by molar-refractivity contribution is 5.95. The predicted molar refractivity (Wildman–Crippen MR) is 70.0 cm³/mol. The van der Waals surface area contributed by atoms with Gasteiger partial charge in [0.15, 0.2) is 0 Å². The zero-order chi connectivity index (χ0) is 16.3. The molecule has 22 heavy (non-hydrogen) atoms. The van der Waals surface area contributed by atoms with Crippen LogP contribution >= 0.6 is 0 Å². The maximum Gasteiger partial charge on any atom is 0.449 e. The molecule has 0 radical (unpaired) electrons. The first-order valence-electron chi connectivity index (χ1n) is 6.46. The summed E-state index contributed by atoms with van der Waals surface area (Å²) in [7, 11) is 0. The summed E-state index contributed by atoms with van der Waals surface area (Å²) in [6.07, 6.45) is -3.48. The first-order chi connectivity index (χ1) is 10.3. The smallest absolute Gasteiger partial charge is 0.449 e. The van der Waals surface area contributed by atoms with Crippen LogP contribution in [0.25, 0.3) is 5.76 Å². The number of aliphatic carboxylic acids is 1. The molecule has 1 aliphatic rings. The molecule has 0 unspecified atom stereocenters. The summed E-state index contributed by atoms with van der Waals surface area (Å²) in [6, 6.07) is 4.42. The Balaban J connectivity index is 2.53. The largest absolute Gasteiger partial charge is 0.478 e. The Morgan fingerprint density at radius 1 is 1.18 bits per heavy atom. The van der Waals surface area contributed by atoms with Crippen LogP contribution < -0.4 is 0 Å². The van der Waals surface area contributed by atoms with Crippen molar-refractivity contribution in [2.45, 2.75) is 25.4 Å². The highest BCUT2D eigenvalue weighted by Gasteiger charge is 2.38. The topological polar surface area (TPSA) is 46.5 Å². The van der Waals surface area contributed by atoms with Gasteiger partial charge in [-0.3, -0.25) is 0 Å². The number of halogens is 4. The minimum atomic E-state index is -4.73. The summed E-state index contributed by atoms with van der Waals surface area (Å²) in [5, 5.41) is 9.22. The number of rotatable bonds is 2. The van der Waals surface area contributed by atoms with Gasteiger partial charge in [-0.1, -0.05) is 0 Å². The van der Waals surface area contributed by atoms with Crippen LogP contribution in [0.5, 0.6) is 0 Å². The van der Waals surface area contributed by atoms with Crippen molar-refractivity contribution in [3.05, 3.63) is 53.1 Å². The first-order valence-corrected chi connectivity index (χ1v) is 6.46. The Hall–Kier alpha value is -2.31. The molecule has 0 atom stereocenters. The lowest BCUT2D eigenvalue weighted by Crippen LogP contribution is -2.17. The molecule has 7 heteroatoms. The number of carbonyl (C=O) groups is 1. The van der Waals surface area contributed by atoms with E-state index in [0.717, 1.165) is 18.2 Å². The van der Waals surface area contributed by atoms with Gasteiger partial charge in [0, 0.05) is 5.56 Å². The van der Waals surface area contributed by atoms with Crippen LogP contribution in [-0.2, 0) is 9.53 Å². The Labute approximate surface area is 123 Å². The molecule has 1 heterocycles. The first kappa shape index (κ1) is 16.1. The van der Waals surface area contributed by atoms with Crippen molar-refractivity contribution < 1.29 is 32.2 Å². The van der Waals surface area contributed by atoms with E-state index < -0.39 is 29.5 Å². The van der Waals surface area contributed by atoms with Gasteiger partial charge in [-0.05, 0) is 49.6 Å².